The van der Waals surface area contributed by atoms with Gasteiger partial charge < -0.3 is 5.32 Å². The van der Waals surface area contributed by atoms with Gasteiger partial charge in [0.15, 0.2) is 0 Å². The Labute approximate surface area is 167 Å². The molecule has 1 amide bonds. The number of hydrogen-bond acceptors (Lipinski definition) is 4. The zero-order chi connectivity index (χ0) is 20.0. The minimum absolute atomic E-state index is 0.182. The molecule has 28 heavy (non-hydrogen) atoms. The van der Waals surface area contributed by atoms with Crippen LogP contribution >= 0.6 is 0 Å². The smallest absolute Gasteiger partial charge is 0.243 e. The first-order valence-electron chi connectivity index (χ1n) is 9.54. The largest absolute Gasteiger partial charge is 0.351 e. The number of likely N-dealkylation sites (tertiary alicyclic amines) is 1. The average Bonchev–Trinajstić information content (AvgIpc) is 3.21. The third-order valence-electron chi connectivity index (χ3n) is 5.00. The molecule has 0 aliphatic carbocycles. The summed E-state index contributed by atoms with van der Waals surface area (Å²) in [7, 11) is -2.26. The van der Waals surface area contributed by atoms with Gasteiger partial charge in [0, 0.05) is 20.1 Å². The number of amides is 1. The maximum atomic E-state index is 12.5. The van der Waals surface area contributed by atoms with Crippen LogP contribution in [0, 0.1) is 0 Å². The Balaban J connectivity index is 1.57. The lowest BCUT2D eigenvalue weighted by molar-refractivity contribution is -0.121. The zero-order valence-corrected chi connectivity index (χ0v) is 17.0. The van der Waals surface area contributed by atoms with Gasteiger partial charge in [-0.05, 0) is 49.2 Å². The van der Waals surface area contributed by atoms with E-state index in [0.717, 1.165) is 29.5 Å². The van der Waals surface area contributed by atoms with Crippen LogP contribution in [-0.2, 0) is 27.9 Å². The second kappa shape index (κ2) is 9.32. The van der Waals surface area contributed by atoms with Gasteiger partial charge >= 0.3 is 0 Å². The zero-order valence-electron chi connectivity index (χ0n) is 16.2. The molecule has 7 heteroatoms. The van der Waals surface area contributed by atoms with Gasteiger partial charge in [-0.25, -0.2) is 8.42 Å². The van der Waals surface area contributed by atoms with E-state index in [0.29, 0.717) is 6.54 Å². The molecule has 2 aromatic carbocycles. The van der Waals surface area contributed by atoms with E-state index < -0.39 is 10.0 Å². The third kappa shape index (κ3) is 5.19. The molecule has 0 bridgehead atoms. The van der Waals surface area contributed by atoms with Crippen molar-refractivity contribution in [2.75, 3.05) is 26.7 Å². The Morgan fingerprint density at radius 3 is 2.29 bits per heavy atom. The van der Waals surface area contributed by atoms with E-state index in [-0.39, 0.29) is 17.3 Å². The van der Waals surface area contributed by atoms with Crippen LogP contribution in [0.2, 0.25) is 0 Å². The highest BCUT2D eigenvalue weighted by Gasteiger charge is 2.22. The molecule has 6 nitrogen and oxygen atoms in total. The SMILES string of the molecule is CN(CC(=O)NCc1ccccc1CN1CCCC1)S(=O)(=O)c1ccccc1. The van der Waals surface area contributed by atoms with Gasteiger partial charge in [-0.3, -0.25) is 9.69 Å². The lowest BCUT2D eigenvalue weighted by atomic mass is 10.1. The summed E-state index contributed by atoms with van der Waals surface area (Å²) in [6.45, 7) is 3.29. The molecule has 0 spiro atoms. The van der Waals surface area contributed by atoms with Gasteiger partial charge in [0.05, 0.1) is 11.4 Å². The maximum Gasteiger partial charge on any atom is 0.243 e. The van der Waals surface area contributed by atoms with Crippen LogP contribution < -0.4 is 5.32 Å². The molecular weight excluding hydrogens is 374 g/mol. The molecule has 2 aromatic rings. The van der Waals surface area contributed by atoms with Gasteiger partial charge in [0.1, 0.15) is 0 Å². The summed E-state index contributed by atoms with van der Waals surface area (Å²) in [6, 6.07) is 16.2. The number of benzene rings is 2. The Morgan fingerprint density at radius 1 is 1.00 bits per heavy atom. The van der Waals surface area contributed by atoms with E-state index in [1.807, 2.05) is 18.2 Å². The van der Waals surface area contributed by atoms with Crippen LogP contribution in [0.4, 0.5) is 0 Å². The number of rotatable bonds is 8. The van der Waals surface area contributed by atoms with Crippen molar-refractivity contribution in [3.63, 3.8) is 0 Å². The van der Waals surface area contributed by atoms with Gasteiger partial charge in [-0.2, -0.15) is 4.31 Å². The molecular formula is C21H27N3O3S. The first-order valence-corrected chi connectivity index (χ1v) is 11.0. The average molecular weight is 402 g/mol. The number of likely N-dealkylation sites (N-methyl/N-ethyl adjacent to an activating group) is 1. The number of carbonyl (C=O) groups is 1. The highest BCUT2D eigenvalue weighted by molar-refractivity contribution is 7.89. The first-order chi connectivity index (χ1) is 13.5. The summed E-state index contributed by atoms with van der Waals surface area (Å²) in [6.07, 6.45) is 2.47. The second-order valence-electron chi connectivity index (χ2n) is 7.10. The van der Waals surface area contributed by atoms with Crippen molar-refractivity contribution >= 4 is 15.9 Å². The Morgan fingerprint density at radius 2 is 1.61 bits per heavy atom. The third-order valence-corrected chi connectivity index (χ3v) is 6.82. The maximum absolute atomic E-state index is 12.5. The summed E-state index contributed by atoms with van der Waals surface area (Å²) < 4.78 is 26.1. The van der Waals surface area contributed by atoms with Gasteiger partial charge in [0.25, 0.3) is 0 Å². The molecule has 1 N–H and O–H groups in total. The lowest BCUT2D eigenvalue weighted by Crippen LogP contribution is -2.38. The van der Waals surface area contributed by atoms with E-state index in [9.17, 15) is 13.2 Å². The van der Waals surface area contributed by atoms with Gasteiger partial charge in [-0.1, -0.05) is 42.5 Å². The second-order valence-corrected chi connectivity index (χ2v) is 9.15. The number of nitrogens with zero attached hydrogens (tertiary/aromatic N) is 2. The fourth-order valence-electron chi connectivity index (χ4n) is 3.38. The molecule has 0 aromatic heterocycles. The highest BCUT2D eigenvalue weighted by atomic mass is 32.2. The van der Waals surface area contributed by atoms with E-state index in [2.05, 4.69) is 16.3 Å². The van der Waals surface area contributed by atoms with Crippen LogP contribution in [-0.4, -0.2) is 50.2 Å². The molecule has 0 unspecified atom stereocenters. The molecule has 0 atom stereocenters. The molecule has 1 saturated heterocycles. The molecule has 1 aliphatic rings. The van der Waals surface area contributed by atoms with E-state index in [4.69, 9.17) is 0 Å². The summed E-state index contributed by atoms with van der Waals surface area (Å²) in [5, 5.41) is 2.86. The molecule has 150 valence electrons. The van der Waals surface area contributed by atoms with Gasteiger partial charge in [-0.15, -0.1) is 0 Å². The van der Waals surface area contributed by atoms with Crippen LogP contribution in [0.25, 0.3) is 0 Å². The Kier molecular flexibility index (Phi) is 6.83. The molecule has 3 rings (SSSR count). The van der Waals surface area contributed by atoms with Crippen molar-refractivity contribution in [1.29, 1.82) is 0 Å². The minimum atomic E-state index is -3.68. The normalized spacial score (nSPS) is 15.1. The molecule has 1 heterocycles. The van der Waals surface area contributed by atoms with Crippen molar-refractivity contribution in [2.24, 2.45) is 0 Å². The van der Waals surface area contributed by atoms with Crippen LogP contribution in [0.1, 0.15) is 24.0 Å². The van der Waals surface area contributed by atoms with E-state index >= 15 is 0 Å². The quantitative estimate of drug-likeness (QED) is 0.736. The van der Waals surface area contributed by atoms with Crippen LogP contribution in [0.15, 0.2) is 59.5 Å². The van der Waals surface area contributed by atoms with Crippen molar-refractivity contribution in [3.8, 4) is 0 Å². The Bertz CT molecular complexity index is 894. The lowest BCUT2D eigenvalue weighted by Gasteiger charge is -2.19. The molecule has 0 radical (unpaired) electrons. The summed E-state index contributed by atoms with van der Waals surface area (Å²) >= 11 is 0. The van der Waals surface area contributed by atoms with Crippen molar-refractivity contribution in [2.45, 2.75) is 30.8 Å². The highest BCUT2D eigenvalue weighted by Crippen LogP contribution is 2.16. The molecule has 1 aliphatic heterocycles. The molecule has 0 saturated carbocycles. The minimum Gasteiger partial charge on any atom is -0.351 e. The fraction of sp³-hybridized carbons (Fsp3) is 0.381. The number of sulfonamides is 1. The van der Waals surface area contributed by atoms with Gasteiger partial charge in [0.2, 0.25) is 15.9 Å². The van der Waals surface area contributed by atoms with E-state index in [1.165, 1.54) is 37.6 Å². The molecule has 1 fully saturated rings. The van der Waals surface area contributed by atoms with Crippen molar-refractivity contribution in [3.05, 3.63) is 65.7 Å². The summed E-state index contributed by atoms with van der Waals surface area (Å²) in [4.78, 5) is 14.9. The summed E-state index contributed by atoms with van der Waals surface area (Å²) in [5.41, 5.74) is 2.27. The summed E-state index contributed by atoms with van der Waals surface area (Å²) in [5.74, 6) is -0.321. The predicted octanol–water partition coefficient (Wildman–Crippen LogP) is 2.22. The first kappa shape index (κ1) is 20.5. The van der Waals surface area contributed by atoms with Crippen LogP contribution in [0.3, 0.4) is 0 Å². The predicted molar refractivity (Wildman–Crippen MR) is 109 cm³/mol. The standard InChI is InChI=1S/C21H27N3O3S/c1-23(28(26,27)20-11-3-2-4-12-20)17-21(25)22-15-18-9-5-6-10-19(18)16-24-13-7-8-14-24/h2-6,9-12H,7-8,13-17H2,1H3,(H,22,25). The number of hydrogen-bond donors (Lipinski definition) is 1. The van der Waals surface area contributed by atoms with E-state index in [1.54, 1.807) is 18.2 Å². The van der Waals surface area contributed by atoms with Crippen LogP contribution in [0.5, 0.6) is 0 Å². The van der Waals surface area contributed by atoms with Crippen molar-refractivity contribution in [1.82, 2.24) is 14.5 Å². The monoisotopic (exact) mass is 401 g/mol. The topological polar surface area (TPSA) is 69.7 Å². The number of nitrogens with one attached hydrogen (secondary N) is 1. The van der Waals surface area contributed by atoms with Crippen molar-refractivity contribution < 1.29 is 13.2 Å². The fourth-order valence-corrected chi connectivity index (χ4v) is 4.52. The Hall–Kier alpha value is -2.22. The number of carbonyl (C=O) groups excluding carboxylic acids is 1.